The summed E-state index contributed by atoms with van der Waals surface area (Å²) in [5, 5.41) is 2.50. The van der Waals surface area contributed by atoms with Crippen LogP contribution in [0, 0.1) is 5.92 Å². The topological polar surface area (TPSA) is 76.9 Å². The Labute approximate surface area is 153 Å². The van der Waals surface area contributed by atoms with Crippen molar-refractivity contribution in [1.29, 1.82) is 0 Å². The Morgan fingerprint density at radius 3 is 2.52 bits per heavy atom. The SMILES string of the molecule is O=C(Nc1ncccn1)[C@H](CC1CCCC1)n1cc(C(F)(F)F)ccc1=O. The van der Waals surface area contributed by atoms with Crippen molar-refractivity contribution < 1.29 is 18.0 Å². The maximum absolute atomic E-state index is 13.1. The van der Waals surface area contributed by atoms with E-state index in [1.165, 1.54) is 12.4 Å². The minimum Gasteiger partial charge on any atom is -0.302 e. The van der Waals surface area contributed by atoms with Gasteiger partial charge in [-0.25, -0.2) is 9.97 Å². The molecule has 0 bridgehead atoms. The molecule has 9 heteroatoms. The molecule has 0 unspecified atom stereocenters. The van der Waals surface area contributed by atoms with Gasteiger partial charge in [0.15, 0.2) is 0 Å². The van der Waals surface area contributed by atoms with Gasteiger partial charge in [-0.2, -0.15) is 13.2 Å². The van der Waals surface area contributed by atoms with Crippen LogP contribution >= 0.6 is 0 Å². The van der Waals surface area contributed by atoms with E-state index in [1.54, 1.807) is 6.07 Å². The monoisotopic (exact) mass is 380 g/mol. The van der Waals surface area contributed by atoms with E-state index in [-0.39, 0.29) is 11.9 Å². The second kappa shape index (κ2) is 7.89. The molecular weight excluding hydrogens is 361 g/mol. The molecule has 3 rings (SSSR count). The maximum atomic E-state index is 13.1. The fourth-order valence-corrected chi connectivity index (χ4v) is 3.38. The molecule has 2 aromatic rings. The van der Waals surface area contributed by atoms with Gasteiger partial charge >= 0.3 is 6.18 Å². The van der Waals surface area contributed by atoms with Gasteiger partial charge in [-0.15, -0.1) is 0 Å². The summed E-state index contributed by atoms with van der Waals surface area (Å²) in [5.41, 5.74) is -1.63. The van der Waals surface area contributed by atoms with Crippen molar-refractivity contribution in [3.63, 3.8) is 0 Å². The molecule has 1 N–H and O–H groups in total. The first-order valence-corrected chi connectivity index (χ1v) is 8.72. The Kier molecular flexibility index (Phi) is 5.57. The Morgan fingerprint density at radius 1 is 1.22 bits per heavy atom. The number of anilines is 1. The number of nitrogens with zero attached hydrogens (tertiary/aromatic N) is 3. The highest BCUT2D eigenvalue weighted by atomic mass is 19.4. The third kappa shape index (κ3) is 4.72. The molecule has 2 aromatic heterocycles. The summed E-state index contributed by atoms with van der Waals surface area (Å²) >= 11 is 0. The molecule has 0 radical (unpaired) electrons. The van der Waals surface area contributed by atoms with E-state index in [0.717, 1.165) is 42.4 Å². The smallest absolute Gasteiger partial charge is 0.302 e. The van der Waals surface area contributed by atoms with Crippen molar-refractivity contribution in [2.75, 3.05) is 5.32 Å². The first-order valence-electron chi connectivity index (χ1n) is 8.72. The normalized spacial score (nSPS) is 16.3. The van der Waals surface area contributed by atoms with E-state index < -0.39 is 29.2 Å². The van der Waals surface area contributed by atoms with Gasteiger partial charge in [0.05, 0.1) is 5.56 Å². The van der Waals surface area contributed by atoms with E-state index in [1.807, 2.05) is 0 Å². The average Bonchev–Trinajstić information content (AvgIpc) is 3.13. The lowest BCUT2D eigenvalue weighted by Crippen LogP contribution is -2.35. The van der Waals surface area contributed by atoms with Gasteiger partial charge in [-0.1, -0.05) is 25.7 Å². The molecule has 27 heavy (non-hydrogen) atoms. The number of rotatable bonds is 5. The zero-order valence-corrected chi connectivity index (χ0v) is 14.4. The zero-order valence-electron chi connectivity index (χ0n) is 14.4. The molecule has 1 fully saturated rings. The minimum atomic E-state index is -4.60. The lowest BCUT2D eigenvalue weighted by atomic mass is 9.97. The van der Waals surface area contributed by atoms with Crippen molar-refractivity contribution >= 4 is 11.9 Å². The summed E-state index contributed by atoms with van der Waals surface area (Å²) in [7, 11) is 0. The van der Waals surface area contributed by atoms with Gasteiger partial charge in [-0.05, 0) is 24.5 Å². The largest absolute Gasteiger partial charge is 0.417 e. The highest BCUT2D eigenvalue weighted by molar-refractivity contribution is 5.92. The third-order valence-electron chi connectivity index (χ3n) is 4.74. The number of amides is 1. The molecule has 1 aliphatic carbocycles. The Balaban J connectivity index is 1.94. The molecule has 0 aromatic carbocycles. The first kappa shape index (κ1) is 19.1. The van der Waals surface area contributed by atoms with Crippen LogP contribution in [0.15, 0.2) is 41.6 Å². The predicted octanol–water partition coefficient (Wildman–Crippen LogP) is 3.42. The number of alkyl halides is 3. The number of hydrogen-bond donors (Lipinski definition) is 1. The third-order valence-corrected chi connectivity index (χ3v) is 4.74. The number of pyridine rings is 1. The standard InChI is InChI=1S/C18H19F3N4O2/c19-18(20,21)13-6-7-15(26)25(11-13)14(10-12-4-1-2-5-12)16(27)24-17-22-8-3-9-23-17/h3,6-9,11-12,14H,1-2,4-5,10H2,(H,22,23,24,27)/t14-/m0/s1. The summed E-state index contributed by atoms with van der Waals surface area (Å²) < 4.78 is 40.1. The quantitative estimate of drug-likeness (QED) is 0.862. The van der Waals surface area contributed by atoms with E-state index in [4.69, 9.17) is 0 Å². The summed E-state index contributed by atoms with van der Waals surface area (Å²) in [4.78, 5) is 32.8. The first-order chi connectivity index (χ1) is 12.8. The van der Waals surface area contributed by atoms with Crippen molar-refractivity contribution in [1.82, 2.24) is 14.5 Å². The average molecular weight is 380 g/mol. The molecule has 144 valence electrons. The van der Waals surface area contributed by atoms with Crippen LogP contribution in [0.3, 0.4) is 0 Å². The molecule has 1 saturated carbocycles. The van der Waals surface area contributed by atoms with E-state index in [0.29, 0.717) is 12.6 Å². The Bertz CT molecular complexity index is 846. The fourth-order valence-electron chi connectivity index (χ4n) is 3.38. The van der Waals surface area contributed by atoms with Crippen molar-refractivity contribution in [3.8, 4) is 0 Å². The molecule has 1 atom stereocenters. The molecule has 1 aliphatic rings. The second-order valence-corrected chi connectivity index (χ2v) is 6.62. The van der Waals surface area contributed by atoms with Crippen molar-refractivity contribution in [2.45, 2.75) is 44.3 Å². The number of nitrogens with one attached hydrogen (secondary N) is 1. The number of carbonyl (C=O) groups is 1. The van der Waals surface area contributed by atoms with Crippen LogP contribution in [-0.4, -0.2) is 20.4 Å². The van der Waals surface area contributed by atoms with Gasteiger partial charge in [0, 0.05) is 24.7 Å². The number of carbonyl (C=O) groups excluding carboxylic acids is 1. The Morgan fingerprint density at radius 2 is 1.89 bits per heavy atom. The molecule has 0 aliphatic heterocycles. The van der Waals surface area contributed by atoms with Crippen LogP contribution in [-0.2, 0) is 11.0 Å². The van der Waals surface area contributed by atoms with Crippen LogP contribution in [0.25, 0.3) is 0 Å². The molecule has 1 amide bonds. The number of halogens is 3. The maximum Gasteiger partial charge on any atom is 0.417 e. The summed E-state index contributed by atoms with van der Waals surface area (Å²) in [5.74, 6) is -0.382. The predicted molar refractivity (Wildman–Crippen MR) is 92.0 cm³/mol. The molecule has 0 spiro atoms. The molecule has 2 heterocycles. The van der Waals surface area contributed by atoms with Crippen molar-refractivity contribution in [3.05, 3.63) is 52.7 Å². The van der Waals surface area contributed by atoms with Crippen molar-refractivity contribution in [2.24, 2.45) is 5.92 Å². The van der Waals surface area contributed by atoms with Gasteiger partial charge in [0.2, 0.25) is 11.9 Å². The molecular formula is C18H19F3N4O2. The summed E-state index contributed by atoms with van der Waals surface area (Å²) in [6.07, 6.45) is 3.07. The minimum absolute atomic E-state index is 0.0407. The van der Waals surface area contributed by atoms with Gasteiger partial charge in [-0.3, -0.25) is 14.9 Å². The summed E-state index contributed by atoms with van der Waals surface area (Å²) in [6, 6.07) is 2.08. The lowest BCUT2D eigenvalue weighted by molar-refractivity contribution is -0.138. The number of aromatic nitrogens is 3. The van der Waals surface area contributed by atoms with E-state index >= 15 is 0 Å². The lowest BCUT2D eigenvalue weighted by Gasteiger charge is -2.23. The second-order valence-electron chi connectivity index (χ2n) is 6.62. The Hall–Kier alpha value is -2.71. The highest BCUT2D eigenvalue weighted by Crippen LogP contribution is 2.33. The number of hydrogen-bond acceptors (Lipinski definition) is 4. The van der Waals surface area contributed by atoms with Crippen LogP contribution in [0.5, 0.6) is 0 Å². The summed E-state index contributed by atoms with van der Waals surface area (Å²) in [6.45, 7) is 0. The van der Waals surface area contributed by atoms with Crippen LogP contribution < -0.4 is 10.9 Å². The zero-order chi connectivity index (χ0) is 19.4. The van der Waals surface area contributed by atoms with Gasteiger partial charge < -0.3 is 4.57 Å². The molecule has 6 nitrogen and oxygen atoms in total. The van der Waals surface area contributed by atoms with Crippen LogP contribution in [0.2, 0.25) is 0 Å². The van der Waals surface area contributed by atoms with Gasteiger partial charge in [0.1, 0.15) is 6.04 Å². The van der Waals surface area contributed by atoms with Gasteiger partial charge in [0.25, 0.3) is 5.56 Å². The molecule has 0 saturated heterocycles. The van der Waals surface area contributed by atoms with Crippen LogP contribution in [0.1, 0.15) is 43.7 Å². The fraction of sp³-hybridized carbons (Fsp3) is 0.444. The van der Waals surface area contributed by atoms with E-state index in [9.17, 15) is 22.8 Å². The highest BCUT2D eigenvalue weighted by Gasteiger charge is 2.33. The van der Waals surface area contributed by atoms with Crippen LogP contribution in [0.4, 0.5) is 19.1 Å². The van der Waals surface area contributed by atoms with E-state index in [2.05, 4.69) is 15.3 Å².